The van der Waals surface area contributed by atoms with Gasteiger partial charge >= 0.3 is 0 Å². The zero-order chi connectivity index (χ0) is 20.5. The minimum Gasteiger partial charge on any atom is -0.368 e. The summed E-state index contributed by atoms with van der Waals surface area (Å²) in [5.41, 5.74) is 2.93. The van der Waals surface area contributed by atoms with Crippen LogP contribution in [0, 0.1) is 0 Å². The van der Waals surface area contributed by atoms with Crippen LogP contribution in [0.1, 0.15) is 31.7 Å². The Morgan fingerprint density at radius 1 is 1.10 bits per heavy atom. The van der Waals surface area contributed by atoms with Crippen LogP contribution >= 0.6 is 11.6 Å². The van der Waals surface area contributed by atoms with E-state index >= 15 is 0 Å². The summed E-state index contributed by atoms with van der Waals surface area (Å²) in [6, 6.07) is 6.07. The van der Waals surface area contributed by atoms with Gasteiger partial charge in [-0.05, 0) is 31.0 Å². The monoisotopic (exact) mass is 425 g/mol. The maximum absolute atomic E-state index is 12.5. The molecule has 5 rings (SSSR count). The Balaban J connectivity index is 1.44. The lowest BCUT2D eigenvalue weighted by Crippen LogP contribution is -2.43. The largest absolute Gasteiger partial charge is 0.368 e. The van der Waals surface area contributed by atoms with Crippen LogP contribution in [-0.4, -0.2) is 45.7 Å². The van der Waals surface area contributed by atoms with Gasteiger partial charge in [0.2, 0.25) is 5.95 Å². The third-order valence-electron chi connectivity index (χ3n) is 5.88. The average Bonchev–Trinajstić information content (AvgIpc) is 3.29. The molecule has 0 spiro atoms. The van der Waals surface area contributed by atoms with Crippen LogP contribution < -0.4 is 21.1 Å². The molecule has 0 bridgehead atoms. The summed E-state index contributed by atoms with van der Waals surface area (Å²) in [5, 5.41) is 7.26. The molecule has 3 aromatic rings. The Morgan fingerprint density at radius 2 is 1.90 bits per heavy atom. The number of aromatic nitrogens is 4. The van der Waals surface area contributed by atoms with E-state index in [9.17, 15) is 4.79 Å². The maximum Gasteiger partial charge on any atom is 0.270 e. The lowest BCUT2D eigenvalue weighted by atomic mass is 10.2. The van der Waals surface area contributed by atoms with Crippen molar-refractivity contribution in [2.75, 3.05) is 36.4 Å². The normalized spacial score (nSPS) is 17.6. The summed E-state index contributed by atoms with van der Waals surface area (Å²) in [7, 11) is 0. The van der Waals surface area contributed by atoms with Crippen LogP contribution in [0.3, 0.4) is 0 Å². The molecule has 1 aliphatic carbocycles. The van der Waals surface area contributed by atoms with Gasteiger partial charge < -0.3 is 15.5 Å². The molecular formula is C21H24ClN7O. The van der Waals surface area contributed by atoms with Crippen molar-refractivity contribution in [3.05, 3.63) is 46.0 Å². The van der Waals surface area contributed by atoms with E-state index in [1.807, 2.05) is 18.2 Å². The van der Waals surface area contributed by atoms with Crippen LogP contribution in [0.4, 0.5) is 17.3 Å². The molecule has 2 aliphatic rings. The predicted molar refractivity (Wildman–Crippen MR) is 119 cm³/mol. The van der Waals surface area contributed by atoms with Crippen LogP contribution in [0.2, 0.25) is 5.02 Å². The van der Waals surface area contributed by atoms with Crippen molar-refractivity contribution in [2.45, 2.75) is 31.7 Å². The Bertz CT molecular complexity index is 1120. The molecule has 0 radical (unpaired) electrons. The highest BCUT2D eigenvalue weighted by molar-refractivity contribution is 6.33. The van der Waals surface area contributed by atoms with Crippen molar-refractivity contribution in [3.63, 3.8) is 0 Å². The fraction of sp³-hybridized carbons (Fsp3) is 0.429. The van der Waals surface area contributed by atoms with Crippen LogP contribution in [0.15, 0.2) is 35.4 Å². The molecule has 3 heterocycles. The molecule has 1 aromatic carbocycles. The number of anilines is 3. The van der Waals surface area contributed by atoms with Gasteiger partial charge in [0.1, 0.15) is 5.52 Å². The number of hydrogen-bond donors (Lipinski definition) is 2. The molecular weight excluding hydrogens is 402 g/mol. The third-order valence-corrected chi connectivity index (χ3v) is 6.18. The second kappa shape index (κ2) is 8.20. The van der Waals surface area contributed by atoms with Crippen LogP contribution in [-0.2, 0) is 0 Å². The molecule has 2 fully saturated rings. The molecule has 156 valence electrons. The Labute approximate surface area is 179 Å². The maximum atomic E-state index is 12.5. The topological polar surface area (TPSA) is 88.0 Å². The molecule has 0 atom stereocenters. The number of benzene rings is 1. The molecule has 0 unspecified atom stereocenters. The second-order valence-electron chi connectivity index (χ2n) is 7.84. The lowest BCUT2D eigenvalue weighted by molar-refractivity contribution is 0.514. The first-order chi connectivity index (χ1) is 14.7. The number of halogens is 1. The average molecular weight is 426 g/mol. The molecule has 2 aromatic heterocycles. The number of rotatable bonds is 4. The fourth-order valence-corrected chi connectivity index (χ4v) is 4.68. The van der Waals surface area contributed by atoms with E-state index in [4.69, 9.17) is 11.6 Å². The summed E-state index contributed by atoms with van der Waals surface area (Å²) in [6.45, 7) is 3.79. The zero-order valence-electron chi connectivity index (χ0n) is 16.6. The number of nitrogens with one attached hydrogen (secondary N) is 2. The quantitative estimate of drug-likeness (QED) is 0.663. The molecule has 1 aliphatic heterocycles. The minimum absolute atomic E-state index is 0.109. The van der Waals surface area contributed by atoms with Gasteiger partial charge in [-0.2, -0.15) is 4.98 Å². The molecule has 30 heavy (non-hydrogen) atoms. The van der Waals surface area contributed by atoms with Gasteiger partial charge in [0.05, 0.1) is 23.1 Å². The number of hydrogen-bond acceptors (Lipinski definition) is 7. The van der Waals surface area contributed by atoms with Crippen molar-refractivity contribution in [1.29, 1.82) is 0 Å². The van der Waals surface area contributed by atoms with Crippen molar-refractivity contribution < 1.29 is 0 Å². The van der Waals surface area contributed by atoms with Crippen molar-refractivity contribution in [1.82, 2.24) is 24.8 Å². The highest BCUT2D eigenvalue weighted by atomic mass is 35.5. The molecule has 1 saturated heterocycles. The fourth-order valence-electron chi connectivity index (χ4n) is 4.38. The Hall–Kier alpha value is -2.71. The summed E-state index contributed by atoms with van der Waals surface area (Å²) >= 11 is 6.56. The standard InChI is InChI=1S/C21H24ClN7O/c22-16-11-14(5-6-18(16)28-9-7-23-8-10-28)26-21-25-12-17-20(27-21)29(19(30)13-24-17)15-3-1-2-4-15/h5-6,11-13,15,23H,1-4,7-10H2,(H,25,26,27). The first-order valence-electron chi connectivity index (χ1n) is 10.5. The summed E-state index contributed by atoms with van der Waals surface area (Å²) < 4.78 is 1.78. The number of piperazine rings is 1. The summed E-state index contributed by atoms with van der Waals surface area (Å²) in [5.74, 6) is 0.424. The van der Waals surface area contributed by atoms with Crippen molar-refractivity contribution in [3.8, 4) is 0 Å². The predicted octanol–water partition coefficient (Wildman–Crippen LogP) is 3.11. The lowest BCUT2D eigenvalue weighted by Gasteiger charge is -2.30. The van der Waals surface area contributed by atoms with Crippen LogP contribution in [0.25, 0.3) is 11.2 Å². The number of fused-ring (bicyclic) bond motifs is 1. The van der Waals surface area contributed by atoms with E-state index in [0.29, 0.717) is 22.1 Å². The highest BCUT2D eigenvalue weighted by Gasteiger charge is 2.21. The first-order valence-corrected chi connectivity index (χ1v) is 10.8. The van der Waals surface area contributed by atoms with Gasteiger partial charge in [0.25, 0.3) is 5.56 Å². The van der Waals surface area contributed by atoms with Crippen molar-refractivity contribution in [2.24, 2.45) is 0 Å². The Kier molecular flexibility index (Phi) is 5.26. The van der Waals surface area contributed by atoms with Gasteiger partial charge in [0, 0.05) is 37.9 Å². The second-order valence-corrected chi connectivity index (χ2v) is 8.24. The van der Waals surface area contributed by atoms with E-state index in [1.54, 1.807) is 10.8 Å². The highest BCUT2D eigenvalue weighted by Crippen LogP contribution is 2.31. The molecule has 9 heteroatoms. The van der Waals surface area contributed by atoms with Gasteiger partial charge in [-0.3, -0.25) is 9.36 Å². The summed E-state index contributed by atoms with van der Waals surface area (Å²) in [4.78, 5) is 28.0. The smallest absolute Gasteiger partial charge is 0.270 e. The molecule has 0 amide bonds. The van der Waals surface area contributed by atoms with E-state index in [2.05, 4.69) is 30.5 Å². The van der Waals surface area contributed by atoms with Crippen molar-refractivity contribution >= 4 is 40.1 Å². The van der Waals surface area contributed by atoms with Gasteiger partial charge in [-0.25, -0.2) is 9.97 Å². The molecule has 8 nitrogen and oxygen atoms in total. The van der Waals surface area contributed by atoms with E-state index in [0.717, 1.165) is 63.2 Å². The molecule has 1 saturated carbocycles. The van der Waals surface area contributed by atoms with Gasteiger partial charge in [0.15, 0.2) is 5.65 Å². The van der Waals surface area contributed by atoms with E-state index in [1.165, 1.54) is 6.20 Å². The van der Waals surface area contributed by atoms with Gasteiger partial charge in [-0.15, -0.1) is 0 Å². The van der Waals surface area contributed by atoms with E-state index < -0.39 is 0 Å². The Morgan fingerprint density at radius 3 is 2.67 bits per heavy atom. The third kappa shape index (κ3) is 3.73. The SMILES string of the molecule is O=c1cnc2cnc(Nc3ccc(N4CCNCC4)c(Cl)c3)nc2n1C1CCCC1. The van der Waals surface area contributed by atoms with E-state index in [-0.39, 0.29) is 11.6 Å². The van der Waals surface area contributed by atoms with Crippen LogP contribution in [0.5, 0.6) is 0 Å². The number of nitrogens with zero attached hydrogens (tertiary/aromatic N) is 5. The zero-order valence-corrected chi connectivity index (χ0v) is 17.4. The summed E-state index contributed by atoms with van der Waals surface area (Å²) in [6.07, 6.45) is 7.28. The van der Waals surface area contributed by atoms with Gasteiger partial charge in [-0.1, -0.05) is 24.4 Å². The molecule has 2 N–H and O–H groups in total. The first kappa shape index (κ1) is 19.3. The minimum atomic E-state index is -0.109.